The molecule has 236 valence electrons. The number of aliphatic hydroxyl groups is 1. The number of halogens is 5. The fourth-order valence-corrected chi connectivity index (χ4v) is 9.75. The van der Waals surface area contributed by atoms with Gasteiger partial charge in [0, 0.05) is 51.5 Å². The van der Waals surface area contributed by atoms with Gasteiger partial charge in [-0.15, -0.1) is 0 Å². The zero-order valence-corrected chi connectivity index (χ0v) is 24.8. The van der Waals surface area contributed by atoms with Crippen LogP contribution in [0.1, 0.15) is 75.8 Å². The van der Waals surface area contributed by atoms with Gasteiger partial charge in [0.2, 0.25) is 5.91 Å². The molecule has 1 N–H and O–H groups in total. The molecule has 0 spiro atoms. The van der Waals surface area contributed by atoms with Crippen LogP contribution in [0.5, 0.6) is 0 Å². The van der Waals surface area contributed by atoms with Crippen molar-refractivity contribution in [2.24, 2.45) is 29.1 Å². The third-order valence-corrected chi connectivity index (χ3v) is 12.0. The first-order valence-electron chi connectivity index (χ1n) is 15.6. The van der Waals surface area contributed by atoms with Crippen molar-refractivity contribution in [3.63, 3.8) is 0 Å². The van der Waals surface area contributed by atoms with E-state index in [1.165, 1.54) is 6.92 Å². The number of alkyl halides is 5. The molecule has 1 aromatic carbocycles. The highest BCUT2D eigenvalue weighted by molar-refractivity contribution is 5.91. The summed E-state index contributed by atoms with van der Waals surface area (Å²) in [4.78, 5) is 28.0. The molecular weight excluding hydrogens is 567 g/mol. The average molecular weight is 609 g/mol. The number of hydrogen-bond acceptors (Lipinski definition) is 4. The van der Waals surface area contributed by atoms with E-state index in [0.717, 1.165) is 29.8 Å². The Labute approximate surface area is 249 Å². The average Bonchev–Trinajstić information content (AvgIpc) is 3.24. The molecule has 3 unspecified atom stereocenters. The van der Waals surface area contributed by atoms with E-state index in [0.29, 0.717) is 45.3 Å². The number of carbonyl (C=O) groups is 2. The number of amides is 1. The molecule has 3 saturated carbocycles. The highest BCUT2D eigenvalue weighted by Crippen LogP contribution is 2.71. The topological polar surface area (TPSA) is 60.9 Å². The minimum Gasteiger partial charge on any atom is -0.383 e. The number of benzene rings is 1. The normalized spacial score (nSPS) is 36.9. The van der Waals surface area contributed by atoms with E-state index in [1.807, 2.05) is 29.2 Å². The molecule has 43 heavy (non-hydrogen) atoms. The molecule has 4 fully saturated rings. The second kappa shape index (κ2) is 10.6. The van der Waals surface area contributed by atoms with Crippen LogP contribution in [0.4, 0.5) is 22.0 Å². The number of ketones is 1. The van der Waals surface area contributed by atoms with Crippen LogP contribution in [-0.4, -0.2) is 70.5 Å². The molecule has 6 rings (SSSR count). The maximum absolute atomic E-state index is 15.2. The lowest BCUT2D eigenvalue weighted by atomic mass is 9.46. The van der Waals surface area contributed by atoms with Gasteiger partial charge in [-0.25, -0.2) is 0 Å². The monoisotopic (exact) mass is 608 g/mol. The van der Waals surface area contributed by atoms with E-state index in [-0.39, 0.29) is 48.2 Å². The molecular formula is C33H41F5N2O3. The lowest BCUT2D eigenvalue weighted by molar-refractivity contribution is -0.364. The van der Waals surface area contributed by atoms with Gasteiger partial charge in [-0.05, 0) is 85.3 Å². The first-order chi connectivity index (χ1) is 20.2. The second-order valence-corrected chi connectivity index (χ2v) is 13.9. The molecule has 1 aromatic rings. The van der Waals surface area contributed by atoms with Gasteiger partial charge in [0.25, 0.3) is 0 Å². The molecule has 1 saturated heterocycles. The van der Waals surface area contributed by atoms with Gasteiger partial charge in [-0.1, -0.05) is 36.8 Å². The molecule has 7 atom stereocenters. The predicted molar refractivity (Wildman–Crippen MR) is 150 cm³/mol. The van der Waals surface area contributed by atoms with Crippen molar-refractivity contribution in [2.75, 3.05) is 26.2 Å². The van der Waals surface area contributed by atoms with E-state index in [4.69, 9.17) is 0 Å². The smallest absolute Gasteiger partial charge is 0.383 e. The molecule has 0 aromatic heterocycles. The number of rotatable bonds is 4. The molecule has 0 bridgehead atoms. The number of carbonyl (C=O) groups excluding carboxylic acids is 2. The zero-order chi connectivity index (χ0) is 30.9. The van der Waals surface area contributed by atoms with Crippen LogP contribution in [0.25, 0.3) is 0 Å². The van der Waals surface area contributed by atoms with Crippen LogP contribution in [0.2, 0.25) is 0 Å². The lowest BCUT2D eigenvalue weighted by Crippen LogP contribution is -2.66. The second-order valence-electron chi connectivity index (χ2n) is 13.9. The van der Waals surface area contributed by atoms with Crippen molar-refractivity contribution in [3.8, 4) is 0 Å². The number of allylic oxidation sites excluding steroid dienone is 1. The first-order valence-corrected chi connectivity index (χ1v) is 15.6. The van der Waals surface area contributed by atoms with E-state index in [9.17, 15) is 27.9 Å². The first kappa shape index (κ1) is 30.7. The molecule has 5 aliphatic rings. The number of nitrogens with zero attached hydrogens (tertiary/aromatic N) is 2. The van der Waals surface area contributed by atoms with Crippen molar-refractivity contribution in [1.82, 2.24) is 9.80 Å². The van der Waals surface area contributed by atoms with Crippen LogP contribution in [-0.2, 0) is 16.1 Å². The Balaban J connectivity index is 1.32. The van der Waals surface area contributed by atoms with E-state index in [2.05, 4.69) is 4.90 Å². The summed E-state index contributed by atoms with van der Waals surface area (Å²) in [7, 11) is 0. The molecule has 0 radical (unpaired) electrons. The molecule has 4 aliphatic carbocycles. The molecule has 5 nitrogen and oxygen atoms in total. The standard InChI is InChI=1S/C33H41F5N2O3/c1-20(41)40-15-13-39(14-16-40)19-21-3-5-22(6-4-21)27-18-30(2)28(11-12-31(30,43)32(34,35)33(36,37)38)26-9-7-23-17-24(42)8-10-25(23)29(26)27/h3-6,17,25-29,43H,7-16,18-19H2,1-2H3/t25-,26?,27+,28?,29?,30-,31-/m0/s1. The van der Waals surface area contributed by atoms with Gasteiger partial charge in [-0.2, -0.15) is 22.0 Å². The summed E-state index contributed by atoms with van der Waals surface area (Å²) in [6.45, 7) is 6.59. The molecule has 1 amide bonds. The Kier molecular flexibility index (Phi) is 7.59. The third-order valence-electron chi connectivity index (χ3n) is 12.0. The van der Waals surface area contributed by atoms with Crippen molar-refractivity contribution >= 4 is 11.7 Å². The van der Waals surface area contributed by atoms with Crippen LogP contribution in [0.15, 0.2) is 35.9 Å². The SMILES string of the molecule is CC(=O)N1CCN(Cc2ccc([C@H]3C[C@@]4(C)C(CC[C@@]4(O)C(F)(F)C(F)(F)F)C4CCC5=CC(=O)CC[C@@H]5C43)cc2)CC1. The summed E-state index contributed by atoms with van der Waals surface area (Å²) in [5, 5.41) is 11.5. The Bertz CT molecular complexity index is 1290. The maximum Gasteiger partial charge on any atom is 0.456 e. The van der Waals surface area contributed by atoms with Crippen LogP contribution < -0.4 is 0 Å². The zero-order valence-electron chi connectivity index (χ0n) is 24.8. The molecule has 1 aliphatic heterocycles. The molecule has 1 heterocycles. The van der Waals surface area contributed by atoms with Gasteiger partial charge in [0.15, 0.2) is 5.78 Å². The summed E-state index contributed by atoms with van der Waals surface area (Å²) in [5.74, 6) is -5.87. The minimum absolute atomic E-state index is 0.0125. The van der Waals surface area contributed by atoms with E-state index >= 15 is 8.78 Å². The minimum atomic E-state index is -5.85. The highest BCUT2D eigenvalue weighted by atomic mass is 19.4. The summed E-state index contributed by atoms with van der Waals surface area (Å²) in [6, 6.07) is 7.97. The largest absolute Gasteiger partial charge is 0.456 e. The fourth-order valence-electron chi connectivity index (χ4n) is 9.75. The Morgan fingerprint density at radius 3 is 2.28 bits per heavy atom. The quantitative estimate of drug-likeness (QED) is 0.419. The fraction of sp³-hybridized carbons (Fsp3) is 0.697. The van der Waals surface area contributed by atoms with Crippen LogP contribution in [0.3, 0.4) is 0 Å². The number of piperazine rings is 1. The highest BCUT2D eigenvalue weighted by Gasteiger charge is 2.79. The van der Waals surface area contributed by atoms with Gasteiger partial charge < -0.3 is 10.0 Å². The van der Waals surface area contributed by atoms with Crippen molar-refractivity contribution in [1.29, 1.82) is 0 Å². The predicted octanol–water partition coefficient (Wildman–Crippen LogP) is 6.11. The summed E-state index contributed by atoms with van der Waals surface area (Å²) < 4.78 is 71.8. The molecule has 10 heteroatoms. The van der Waals surface area contributed by atoms with Crippen LogP contribution in [0, 0.1) is 29.1 Å². The van der Waals surface area contributed by atoms with E-state index < -0.39 is 35.5 Å². The number of fused-ring (bicyclic) bond motifs is 5. The van der Waals surface area contributed by atoms with Gasteiger partial charge in [-0.3, -0.25) is 14.5 Å². The lowest BCUT2D eigenvalue weighted by Gasteiger charge is -2.59. The van der Waals surface area contributed by atoms with E-state index in [1.54, 1.807) is 13.0 Å². The third kappa shape index (κ3) is 4.86. The van der Waals surface area contributed by atoms with Gasteiger partial charge >= 0.3 is 12.1 Å². The van der Waals surface area contributed by atoms with Crippen molar-refractivity contribution in [3.05, 3.63) is 47.0 Å². The van der Waals surface area contributed by atoms with Gasteiger partial charge in [0.1, 0.15) is 5.60 Å². The summed E-state index contributed by atoms with van der Waals surface area (Å²) >= 11 is 0. The Hall–Kier alpha value is -2.33. The summed E-state index contributed by atoms with van der Waals surface area (Å²) in [5.41, 5.74) is -1.78. The van der Waals surface area contributed by atoms with Crippen molar-refractivity contribution < 1.29 is 36.6 Å². The van der Waals surface area contributed by atoms with Gasteiger partial charge in [0.05, 0.1) is 0 Å². The van der Waals surface area contributed by atoms with Crippen LogP contribution >= 0.6 is 0 Å². The Morgan fingerprint density at radius 2 is 1.65 bits per heavy atom. The maximum atomic E-state index is 15.2. The Morgan fingerprint density at radius 1 is 0.977 bits per heavy atom. The summed E-state index contributed by atoms with van der Waals surface area (Å²) in [6.07, 6.45) is -2.19. The van der Waals surface area contributed by atoms with Crippen molar-refractivity contribution in [2.45, 2.75) is 89.0 Å². The number of hydrogen-bond donors (Lipinski definition) is 1.